The molecule has 1 N–H and O–H groups in total. The highest BCUT2D eigenvalue weighted by Crippen LogP contribution is 2.25. The molecule has 0 aliphatic rings. The standard InChI is InChI=1S/C12H10ClN3O2/c1-6-10(11(17)18)16-9-5-7(13)3-4-8(9)14-12(16)15(6)2/h3-5H,1-2H3,(H,17,18). The van der Waals surface area contributed by atoms with Gasteiger partial charge in [0, 0.05) is 17.8 Å². The van der Waals surface area contributed by atoms with Gasteiger partial charge in [0.2, 0.25) is 5.78 Å². The van der Waals surface area contributed by atoms with E-state index in [1.165, 1.54) is 0 Å². The van der Waals surface area contributed by atoms with Gasteiger partial charge in [-0.1, -0.05) is 11.6 Å². The Kier molecular flexibility index (Phi) is 2.15. The Labute approximate surface area is 107 Å². The van der Waals surface area contributed by atoms with Gasteiger partial charge >= 0.3 is 5.97 Å². The number of fused-ring (bicyclic) bond motifs is 3. The number of halogens is 1. The molecule has 0 spiro atoms. The number of carboxylic acid groups (broad SMARTS) is 1. The Morgan fingerprint density at radius 2 is 2.17 bits per heavy atom. The molecule has 92 valence electrons. The second-order valence-electron chi connectivity index (χ2n) is 4.18. The molecular formula is C12H10ClN3O2. The summed E-state index contributed by atoms with van der Waals surface area (Å²) in [4.78, 5) is 15.8. The molecule has 3 aromatic rings. The molecular weight excluding hydrogens is 254 g/mol. The molecule has 0 amide bonds. The Morgan fingerprint density at radius 1 is 1.44 bits per heavy atom. The summed E-state index contributed by atoms with van der Waals surface area (Å²) >= 11 is 5.96. The maximum Gasteiger partial charge on any atom is 0.354 e. The zero-order valence-corrected chi connectivity index (χ0v) is 10.6. The lowest BCUT2D eigenvalue weighted by atomic mass is 10.3. The van der Waals surface area contributed by atoms with Crippen molar-refractivity contribution >= 4 is 34.4 Å². The molecule has 0 unspecified atom stereocenters. The molecule has 0 bridgehead atoms. The number of rotatable bonds is 1. The quantitative estimate of drug-likeness (QED) is 0.734. The number of aromatic carboxylic acids is 1. The van der Waals surface area contributed by atoms with Gasteiger partial charge in [0.25, 0.3) is 0 Å². The van der Waals surface area contributed by atoms with Crippen LogP contribution in [0.5, 0.6) is 0 Å². The van der Waals surface area contributed by atoms with Crippen molar-refractivity contribution in [1.29, 1.82) is 0 Å². The second kappa shape index (κ2) is 3.49. The number of hydrogen-bond acceptors (Lipinski definition) is 2. The minimum absolute atomic E-state index is 0.220. The van der Waals surface area contributed by atoms with Crippen LogP contribution in [0.15, 0.2) is 18.2 Å². The van der Waals surface area contributed by atoms with E-state index in [9.17, 15) is 9.90 Å². The maximum absolute atomic E-state index is 11.4. The highest BCUT2D eigenvalue weighted by atomic mass is 35.5. The van der Waals surface area contributed by atoms with Crippen molar-refractivity contribution in [2.45, 2.75) is 6.92 Å². The van der Waals surface area contributed by atoms with Gasteiger partial charge in [-0.3, -0.25) is 4.40 Å². The topological polar surface area (TPSA) is 59.5 Å². The highest BCUT2D eigenvalue weighted by Gasteiger charge is 2.21. The van der Waals surface area contributed by atoms with Gasteiger partial charge in [-0.25, -0.2) is 9.78 Å². The third-order valence-electron chi connectivity index (χ3n) is 3.17. The van der Waals surface area contributed by atoms with E-state index in [4.69, 9.17) is 11.6 Å². The van der Waals surface area contributed by atoms with Gasteiger partial charge in [-0.2, -0.15) is 0 Å². The van der Waals surface area contributed by atoms with E-state index in [0.717, 1.165) is 5.52 Å². The van der Waals surface area contributed by atoms with Crippen LogP contribution >= 0.6 is 11.6 Å². The molecule has 6 heteroatoms. The zero-order chi connectivity index (χ0) is 13.0. The maximum atomic E-state index is 11.4. The molecule has 2 heterocycles. The summed E-state index contributed by atoms with van der Waals surface area (Å²) in [5.41, 5.74) is 2.32. The number of carbonyl (C=O) groups is 1. The summed E-state index contributed by atoms with van der Waals surface area (Å²) in [6.45, 7) is 1.76. The number of hydrogen-bond donors (Lipinski definition) is 1. The van der Waals surface area contributed by atoms with Gasteiger partial charge in [0.15, 0.2) is 5.69 Å². The van der Waals surface area contributed by atoms with Crippen molar-refractivity contribution in [2.24, 2.45) is 7.05 Å². The normalized spacial score (nSPS) is 11.5. The summed E-state index contributed by atoms with van der Waals surface area (Å²) in [5, 5.41) is 9.89. The van der Waals surface area contributed by atoms with Crippen LogP contribution in [0.25, 0.3) is 16.8 Å². The van der Waals surface area contributed by atoms with Crippen LogP contribution in [-0.4, -0.2) is 25.0 Å². The molecule has 2 aromatic heterocycles. The van der Waals surface area contributed by atoms with Gasteiger partial charge in [-0.05, 0) is 25.1 Å². The van der Waals surface area contributed by atoms with Gasteiger partial charge in [0.1, 0.15) is 0 Å². The molecule has 0 fully saturated rings. The number of carboxylic acids is 1. The largest absolute Gasteiger partial charge is 0.477 e. The Balaban J connectivity index is 2.60. The smallest absolute Gasteiger partial charge is 0.354 e. The fraction of sp³-hybridized carbons (Fsp3) is 0.167. The van der Waals surface area contributed by atoms with Crippen LogP contribution in [0.4, 0.5) is 0 Å². The lowest BCUT2D eigenvalue weighted by Gasteiger charge is -1.98. The van der Waals surface area contributed by atoms with Crippen LogP contribution in [-0.2, 0) is 7.05 Å². The Hall–Kier alpha value is -2.01. The van der Waals surface area contributed by atoms with E-state index >= 15 is 0 Å². The molecule has 0 saturated heterocycles. The van der Waals surface area contributed by atoms with E-state index in [-0.39, 0.29) is 5.69 Å². The lowest BCUT2D eigenvalue weighted by molar-refractivity contribution is 0.0688. The number of benzene rings is 1. The summed E-state index contributed by atoms with van der Waals surface area (Å²) in [6.07, 6.45) is 0. The van der Waals surface area contributed by atoms with Crippen molar-refractivity contribution in [3.05, 3.63) is 34.6 Å². The van der Waals surface area contributed by atoms with Gasteiger partial charge < -0.3 is 9.67 Å². The van der Waals surface area contributed by atoms with Crippen LogP contribution in [0, 0.1) is 6.92 Å². The van der Waals surface area contributed by atoms with Crippen molar-refractivity contribution in [3.8, 4) is 0 Å². The molecule has 0 aliphatic carbocycles. The first kappa shape index (κ1) is 11.1. The first-order chi connectivity index (χ1) is 8.50. The van der Waals surface area contributed by atoms with E-state index < -0.39 is 5.97 Å². The SMILES string of the molecule is Cc1c(C(=O)O)n2c3cc(Cl)ccc3nc2n1C. The summed E-state index contributed by atoms with van der Waals surface area (Å²) in [7, 11) is 1.80. The van der Waals surface area contributed by atoms with Crippen LogP contribution < -0.4 is 0 Å². The van der Waals surface area contributed by atoms with Gasteiger partial charge in [-0.15, -0.1) is 0 Å². The average Bonchev–Trinajstić information content (AvgIpc) is 2.77. The minimum atomic E-state index is -0.975. The molecule has 18 heavy (non-hydrogen) atoms. The average molecular weight is 264 g/mol. The van der Waals surface area contributed by atoms with Crippen LogP contribution in [0.2, 0.25) is 5.02 Å². The Morgan fingerprint density at radius 3 is 2.83 bits per heavy atom. The third kappa shape index (κ3) is 1.28. The van der Waals surface area contributed by atoms with Crippen molar-refractivity contribution in [3.63, 3.8) is 0 Å². The number of aromatic nitrogens is 3. The first-order valence-corrected chi connectivity index (χ1v) is 5.75. The molecule has 0 radical (unpaired) electrons. The van der Waals surface area contributed by atoms with E-state index in [1.54, 1.807) is 41.1 Å². The summed E-state index contributed by atoms with van der Waals surface area (Å²) < 4.78 is 3.39. The highest BCUT2D eigenvalue weighted by molar-refractivity contribution is 6.31. The van der Waals surface area contributed by atoms with Crippen molar-refractivity contribution < 1.29 is 9.90 Å². The number of imidazole rings is 2. The van der Waals surface area contributed by atoms with E-state index in [2.05, 4.69) is 4.98 Å². The Bertz CT molecular complexity index is 801. The predicted octanol–water partition coefficient (Wildman–Crippen LogP) is 2.49. The molecule has 5 nitrogen and oxygen atoms in total. The number of nitrogens with zero attached hydrogens (tertiary/aromatic N) is 3. The predicted molar refractivity (Wildman–Crippen MR) is 68.4 cm³/mol. The fourth-order valence-corrected chi connectivity index (χ4v) is 2.37. The second-order valence-corrected chi connectivity index (χ2v) is 4.61. The van der Waals surface area contributed by atoms with E-state index in [1.807, 2.05) is 0 Å². The molecule has 3 rings (SSSR count). The van der Waals surface area contributed by atoms with Gasteiger partial charge in [0.05, 0.1) is 11.0 Å². The third-order valence-corrected chi connectivity index (χ3v) is 3.41. The van der Waals surface area contributed by atoms with Crippen LogP contribution in [0.3, 0.4) is 0 Å². The molecule has 1 aromatic carbocycles. The summed E-state index contributed by atoms with van der Waals surface area (Å²) in [6, 6.07) is 5.25. The number of aryl methyl sites for hydroxylation is 1. The molecule has 0 aliphatic heterocycles. The monoisotopic (exact) mass is 263 g/mol. The lowest BCUT2D eigenvalue weighted by Crippen LogP contribution is -2.03. The fourth-order valence-electron chi connectivity index (χ4n) is 2.20. The molecule has 0 atom stereocenters. The van der Waals surface area contributed by atoms with Crippen LogP contribution in [0.1, 0.15) is 16.2 Å². The van der Waals surface area contributed by atoms with Crippen molar-refractivity contribution in [2.75, 3.05) is 0 Å². The first-order valence-electron chi connectivity index (χ1n) is 5.37. The molecule has 0 saturated carbocycles. The van der Waals surface area contributed by atoms with Crippen molar-refractivity contribution in [1.82, 2.24) is 14.0 Å². The zero-order valence-electron chi connectivity index (χ0n) is 9.81. The van der Waals surface area contributed by atoms with E-state index in [0.29, 0.717) is 22.0 Å². The minimum Gasteiger partial charge on any atom is -0.477 e. The summed E-state index contributed by atoms with van der Waals surface area (Å²) in [5.74, 6) is -0.375.